The van der Waals surface area contributed by atoms with Gasteiger partial charge in [0.2, 0.25) is 0 Å². The van der Waals surface area contributed by atoms with Crippen LogP contribution < -0.4 is 0 Å². The fraction of sp³-hybridized carbons (Fsp3) is 0.438. The minimum atomic E-state index is 0.00959. The van der Waals surface area contributed by atoms with Crippen LogP contribution in [-0.4, -0.2) is 37.7 Å². The van der Waals surface area contributed by atoms with Crippen molar-refractivity contribution in [1.82, 2.24) is 0 Å². The van der Waals surface area contributed by atoms with E-state index in [0.717, 1.165) is 5.57 Å². The van der Waals surface area contributed by atoms with Gasteiger partial charge in [0.15, 0.2) is 0 Å². The average Bonchev–Trinajstić information content (AvgIpc) is 2.41. The van der Waals surface area contributed by atoms with Gasteiger partial charge >= 0.3 is 0 Å². The van der Waals surface area contributed by atoms with Gasteiger partial charge in [-0.1, -0.05) is 36.8 Å². The third-order valence-corrected chi connectivity index (χ3v) is 3.66. The van der Waals surface area contributed by atoms with Gasteiger partial charge in [0.1, 0.15) is 0 Å². The quantitative estimate of drug-likeness (QED) is 0.844. The predicted molar refractivity (Wildman–Crippen MR) is 78.0 cm³/mol. The summed E-state index contributed by atoms with van der Waals surface area (Å²) in [6, 6.07) is 6.46. The first-order valence-corrected chi connectivity index (χ1v) is 6.59. The molecule has 0 saturated carbocycles. The smallest absolute Gasteiger partial charge is 0.0798 e. The Balaban J connectivity index is 2.31. The molecule has 2 unspecified atom stereocenters. The molecular weight excluding hydrogens is 238 g/mol. The Morgan fingerprint density at radius 1 is 1.47 bits per heavy atom. The number of rotatable bonds is 4. The number of nitrogens with zero attached hydrogens (tertiary/aromatic N) is 1. The first kappa shape index (κ1) is 14.0. The molecule has 0 saturated heterocycles. The lowest BCUT2D eigenvalue weighted by atomic mass is 9.83. The van der Waals surface area contributed by atoms with Crippen LogP contribution in [0.5, 0.6) is 0 Å². The van der Waals surface area contributed by atoms with Crippen molar-refractivity contribution in [3.05, 3.63) is 46.5 Å². The molecule has 0 fully saturated rings. The Hall–Kier alpha value is -1.45. The van der Waals surface area contributed by atoms with Crippen LogP contribution >= 0.6 is 0 Å². The lowest BCUT2D eigenvalue weighted by Crippen LogP contribution is -2.24. The Bertz CT molecular complexity index is 505. The largest absolute Gasteiger partial charge is 0.392 e. The van der Waals surface area contributed by atoms with Crippen LogP contribution in [0.1, 0.15) is 29.5 Å². The molecule has 0 aromatic heterocycles. The van der Waals surface area contributed by atoms with E-state index in [9.17, 15) is 5.11 Å². The normalized spacial score (nSPS) is 22.4. The van der Waals surface area contributed by atoms with Crippen LogP contribution in [0.15, 0.2) is 34.8 Å². The molecule has 1 heterocycles. The Kier molecular flexibility index (Phi) is 4.51. The Morgan fingerprint density at radius 2 is 2.26 bits per heavy atom. The second-order valence-electron chi connectivity index (χ2n) is 5.04. The number of aliphatic hydroxyl groups is 1. The molecular formula is C16H21NO2. The van der Waals surface area contributed by atoms with Crippen molar-refractivity contribution in [3.63, 3.8) is 0 Å². The summed E-state index contributed by atoms with van der Waals surface area (Å²) in [5, 5.41) is 9.52. The molecule has 102 valence electrons. The summed E-state index contributed by atoms with van der Waals surface area (Å²) in [5.41, 5.74) is 4.65. The van der Waals surface area contributed by atoms with Gasteiger partial charge in [-0.2, -0.15) is 0 Å². The van der Waals surface area contributed by atoms with Gasteiger partial charge in [-0.15, -0.1) is 0 Å². The SMILES string of the molecule is COC/C=C(\CO)C1N=Cc2cc(C)ccc2C1C. The zero-order valence-corrected chi connectivity index (χ0v) is 11.8. The highest BCUT2D eigenvalue weighted by Gasteiger charge is 2.26. The minimum absolute atomic E-state index is 0.00959. The molecule has 3 heteroatoms. The zero-order valence-electron chi connectivity index (χ0n) is 11.8. The number of methoxy groups -OCH3 is 1. The number of hydrogen-bond acceptors (Lipinski definition) is 3. The van der Waals surface area contributed by atoms with Crippen LogP contribution in [0.25, 0.3) is 0 Å². The molecule has 0 bridgehead atoms. The molecule has 2 atom stereocenters. The van der Waals surface area contributed by atoms with Gasteiger partial charge in [0.05, 0.1) is 19.3 Å². The van der Waals surface area contributed by atoms with E-state index in [1.54, 1.807) is 7.11 Å². The Labute approximate surface area is 114 Å². The molecule has 1 aliphatic rings. The van der Waals surface area contributed by atoms with Crippen molar-refractivity contribution >= 4 is 6.21 Å². The van der Waals surface area contributed by atoms with Gasteiger partial charge in [0, 0.05) is 19.2 Å². The fourth-order valence-corrected chi connectivity index (χ4v) is 2.57. The highest BCUT2D eigenvalue weighted by molar-refractivity contribution is 5.84. The van der Waals surface area contributed by atoms with E-state index >= 15 is 0 Å². The molecule has 0 aliphatic carbocycles. The summed E-state index contributed by atoms with van der Waals surface area (Å²) in [6.45, 7) is 4.78. The monoisotopic (exact) mass is 259 g/mol. The van der Waals surface area contributed by atoms with Crippen molar-refractivity contribution in [1.29, 1.82) is 0 Å². The Morgan fingerprint density at radius 3 is 2.95 bits per heavy atom. The molecule has 2 rings (SSSR count). The first-order valence-electron chi connectivity index (χ1n) is 6.59. The number of ether oxygens (including phenoxy) is 1. The molecule has 1 aliphatic heterocycles. The molecule has 1 aromatic rings. The summed E-state index contributed by atoms with van der Waals surface area (Å²) >= 11 is 0. The van der Waals surface area contributed by atoms with Gasteiger partial charge in [-0.25, -0.2) is 0 Å². The second-order valence-corrected chi connectivity index (χ2v) is 5.04. The minimum Gasteiger partial charge on any atom is -0.392 e. The van der Waals surface area contributed by atoms with Crippen molar-refractivity contribution in [2.24, 2.45) is 4.99 Å². The van der Waals surface area contributed by atoms with Crippen molar-refractivity contribution in [2.75, 3.05) is 20.3 Å². The standard InChI is InChI=1S/C16H21NO2/c1-11-4-5-15-12(2)16(17-9-14(15)8-11)13(10-18)6-7-19-3/h4-6,8-9,12,16,18H,7,10H2,1-3H3/b13-6+. The van der Waals surface area contributed by atoms with Crippen LogP contribution in [0.3, 0.4) is 0 Å². The molecule has 0 radical (unpaired) electrons. The van der Waals surface area contributed by atoms with Gasteiger partial charge in [-0.05, 0) is 23.6 Å². The average molecular weight is 259 g/mol. The maximum absolute atomic E-state index is 9.52. The van der Waals surface area contributed by atoms with E-state index in [0.29, 0.717) is 6.61 Å². The number of aryl methyl sites for hydroxylation is 1. The van der Waals surface area contributed by atoms with E-state index in [1.807, 2.05) is 12.3 Å². The van der Waals surface area contributed by atoms with Crippen molar-refractivity contribution < 1.29 is 9.84 Å². The first-order chi connectivity index (χ1) is 9.17. The summed E-state index contributed by atoms with van der Waals surface area (Å²) in [7, 11) is 1.65. The van der Waals surface area contributed by atoms with Crippen LogP contribution in [0.4, 0.5) is 0 Å². The van der Waals surface area contributed by atoms with Crippen LogP contribution in [0.2, 0.25) is 0 Å². The summed E-state index contributed by atoms with van der Waals surface area (Å²) in [4.78, 5) is 4.61. The number of aliphatic imine (C=N–C) groups is 1. The van der Waals surface area contributed by atoms with Crippen LogP contribution in [-0.2, 0) is 4.74 Å². The number of hydrogen-bond donors (Lipinski definition) is 1. The summed E-state index contributed by atoms with van der Waals surface area (Å²) in [5.74, 6) is 0.274. The highest BCUT2D eigenvalue weighted by atomic mass is 16.5. The van der Waals surface area contributed by atoms with Crippen molar-refractivity contribution in [2.45, 2.75) is 25.8 Å². The summed E-state index contributed by atoms with van der Waals surface area (Å²) in [6.07, 6.45) is 3.85. The number of benzene rings is 1. The van der Waals surface area contributed by atoms with E-state index < -0.39 is 0 Å². The molecule has 0 spiro atoms. The molecule has 1 N–H and O–H groups in total. The maximum atomic E-state index is 9.52. The number of fused-ring (bicyclic) bond motifs is 1. The summed E-state index contributed by atoms with van der Waals surface area (Å²) < 4.78 is 5.05. The van der Waals surface area contributed by atoms with E-state index in [2.05, 4.69) is 37.0 Å². The molecule has 19 heavy (non-hydrogen) atoms. The second kappa shape index (κ2) is 6.13. The topological polar surface area (TPSA) is 41.8 Å². The third-order valence-electron chi connectivity index (χ3n) is 3.66. The van der Waals surface area contributed by atoms with E-state index in [-0.39, 0.29) is 18.6 Å². The third kappa shape index (κ3) is 2.94. The van der Waals surface area contributed by atoms with Gasteiger partial charge < -0.3 is 9.84 Å². The molecule has 0 amide bonds. The lowest BCUT2D eigenvalue weighted by Gasteiger charge is -2.28. The van der Waals surface area contributed by atoms with E-state index in [1.165, 1.54) is 16.7 Å². The molecule has 1 aromatic carbocycles. The zero-order chi connectivity index (χ0) is 13.8. The maximum Gasteiger partial charge on any atom is 0.0798 e. The van der Waals surface area contributed by atoms with Gasteiger partial charge in [0.25, 0.3) is 0 Å². The fourth-order valence-electron chi connectivity index (χ4n) is 2.57. The van der Waals surface area contributed by atoms with Crippen molar-refractivity contribution in [3.8, 4) is 0 Å². The van der Waals surface area contributed by atoms with Crippen LogP contribution in [0, 0.1) is 6.92 Å². The van der Waals surface area contributed by atoms with E-state index in [4.69, 9.17) is 4.74 Å². The predicted octanol–water partition coefficient (Wildman–Crippen LogP) is 2.46. The highest BCUT2D eigenvalue weighted by Crippen LogP contribution is 2.32. The number of aliphatic hydroxyl groups excluding tert-OH is 1. The van der Waals surface area contributed by atoms with Gasteiger partial charge in [-0.3, -0.25) is 4.99 Å². The molecule has 3 nitrogen and oxygen atoms in total. The lowest BCUT2D eigenvalue weighted by molar-refractivity contribution is 0.230.